The van der Waals surface area contributed by atoms with Crippen molar-refractivity contribution in [1.82, 2.24) is 0 Å². The average molecular weight is 364 g/mol. The van der Waals surface area contributed by atoms with E-state index in [2.05, 4.69) is 59.8 Å². The minimum atomic E-state index is 0.0758. The highest BCUT2D eigenvalue weighted by atomic mass is 16.6. The van der Waals surface area contributed by atoms with Crippen molar-refractivity contribution in [1.29, 1.82) is 0 Å². The zero-order valence-electron chi connectivity index (χ0n) is 17.8. The lowest BCUT2D eigenvalue weighted by atomic mass is 9.87. The lowest BCUT2D eigenvalue weighted by molar-refractivity contribution is -0.0542. The van der Waals surface area contributed by atoms with Gasteiger partial charge < -0.3 is 15.2 Å². The van der Waals surface area contributed by atoms with Crippen LogP contribution in [0.2, 0.25) is 0 Å². The van der Waals surface area contributed by atoms with Crippen LogP contribution in [0.5, 0.6) is 0 Å². The topological polar surface area (TPSA) is 47.8 Å². The van der Waals surface area contributed by atoms with E-state index in [1.54, 1.807) is 0 Å². The van der Waals surface area contributed by atoms with Crippen molar-refractivity contribution in [3.05, 3.63) is 23.8 Å². The first-order valence-corrected chi connectivity index (χ1v) is 10.7. The van der Waals surface area contributed by atoms with Gasteiger partial charge >= 0.3 is 0 Å². The second-order valence-corrected chi connectivity index (χ2v) is 9.06. The van der Waals surface area contributed by atoms with E-state index in [1.165, 1.54) is 24.8 Å². The van der Waals surface area contributed by atoms with Crippen LogP contribution in [0.1, 0.15) is 73.6 Å². The third-order valence-electron chi connectivity index (χ3n) is 6.24. The summed E-state index contributed by atoms with van der Waals surface area (Å²) < 4.78 is 12.2. The predicted octanol–water partition coefficient (Wildman–Crippen LogP) is 5.25. The quantitative estimate of drug-likeness (QED) is 0.449. The molecule has 0 aromatic heterocycles. The second-order valence-electron chi connectivity index (χ2n) is 9.06. The van der Waals surface area contributed by atoms with E-state index < -0.39 is 0 Å². The number of allylic oxidation sites excluding steroid dienone is 3. The maximum Gasteiger partial charge on any atom is 0.0928 e. The molecule has 2 aliphatic heterocycles. The molecule has 0 unspecified atom stereocenters. The highest BCUT2D eigenvalue weighted by Gasteiger charge is 2.54. The molecular weight excluding hydrogens is 322 g/mol. The third kappa shape index (κ3) is 5.68. The molecule has 0 aromatic rings. The molecule has 2 N–H and O–H groups in total. The standard InChI is InChI=1S/C23H41NO2/c1-7-9-19(5)22-23(6,26-22)14-16(2)10-8-11-17(3)21-18(4)12-13-20(15-24)25-21/h8,10-11,16,18-22H,7,9,12-15,24H2,1-6H3/b10-8+,17-11+/t16-,18+,19-,20-,21-,22-,23-/m1/s1. The zero-order chi connectivity index (χ0) is 19.3. The summed E-state index contributed by atoms with van der Waals surface area (Å²) in [6, 6.07) is 0. The van der Waals surface area contributed by atoms with Crippen molar-refractivity contribution in [2.24, 2.45) is 23.5 Å². The number of rotatable bonds is 9. The van der Waals surface area contributed by atoms with E-state index in [4.69, 9.17) is 15.2 Å². The van der Waals surface area contributed by atoms with Crippen LogP contribution >= 0.6 is 0 Å². The molecule has 2 heterocycles. The summed E-state index contributed by atoms with van der Waals surface area (Å²) in [6.45, 7) is 14.2. The van der Waals surface area contributed by atoms with Crippen LogP contribution in [0.15, 0.2) is 23.8 Å². The Hall–Kier alpha value is -0.640. The third-order valence-corrected chi connectivity index (χ3v) is 6.24. The lowest BCUT2D eigenvalue weighted by Gasteiger charge is -2.35. The molecule has 150 valence electrons. The normalized spacial score (nSPS) is 37.7. The minimum absolute atomic E-state index is 0.0758. The molecule has 2 fully saturated rings. The van der Waals surface area contributed by atoms with Gasteiger partial charge in [0.15, 0.2) is 0 Å². The van der Waals surface area contributed by atoms with Gasteiger partial charge in [0.05, 0.1) is 23.9 Å². The molecule has 0 radical (unpaired) electrons. The summed E-state index contributed by atoms with van der Waals surface area (Å²) in [5, 5.41) is 0. The molecule has 2 aliphatic rings. The van der Waals surface area contributed by atoms with Crippen molar-refractivity contribution >= 4 is 0 Å². The van der Waals surface area contributed by atoms with E-state index in [9.17, 15) is 0 Å². The number of epoxide rings is 1. The first-order chi connectivity index (χ1) is 12.3. The summed E-state index contributed by atoms with van der Waals surface area (Å²) in [7, 11) is 0. The van der Waals surface area contributed by atoms with E-state index in [1.807, 2.05) is 0 Å². The Labute approximate surface area is 161 Å². The molecule has 0 spiro atoms. The molecule has 3 heteroatoms. The zero-order valence-corrected chi connectivity index (χ0v) is 17.8. The predicted molar refractivity (Wildman–Crippen MR) is 110 cm³/mol. The molecule has 7 atom stereocenters. The first-order valence-electron chi connectivity index (χ1n) is 10.7. The van der Waals surface area contributed by atoms with Crippen molar-refractivity contribution < 1.29 is 9.47 Å². The Bertz CT molecular complexity index is 500. The van der Waals surface area contributed by atoms with Crippen LogP contribution in [-0.2, 0) is 9.47 Å². The number of hydrogen-bond donors (Lipinski definition) is 1. The van der Waals surface area contributed by atoms with Crippen LogP contribution in [0.4, 0.5) is 0 Å². The van der Waals surface area contributed by atoms with Gasteiger partial charge in [0.25, 0.3) is 0 Å². The van der Waals surface area contributed by atoms with Crippen LogP contribution < -0.4 is 5.73 Å². The Kier molecular flexibility index (Phi) is 7.93. The van der Waals surface area contributed by atoms with Gasteiger partial charge in [-0.3, -0.25) is 0 Å². The van der Waals surface area contributed by atoms with E-state index in [-0.39, 0.29) is 17.8 Å². The van der Waals surface area contributed by atoms with Gasteiger partial charge in [0.2, 0.25) is 0 Å². The molecule has 0 amide bonds. The smallest absolute Gasteiger partial charge is 0.0928 e. The van der Waals surface area contributed by atoms with Crippen molar-refractivity contribution in [3.63, 3.8) is 0 Å². The monoisotopic (exact) mass is 363 g/mol. The maximum absolute atomic E-state index is 6.17. The number of ether oxygens (including phenoxy) is 2. The van der Waals surface area contributed by atoms with Gasteiger partial charge in [-0.25, -0.2) is 0 Å². The van der Waals surface area contributed by atoms with Crippen LogP contribution in [0.25, 0.3) is 0 Å². The highest BCUT2D eigenvalue weighted by Crippen LogP contribution is 2.46. The van der Waals surface area contributed by atoms with Gasteiger partial charge in [0.1, 0.15) is 0 Å². The van der Waals surface area contributed by atoms with Gasteiger partial charge in [0, 0.05) is 6.54 Å². The van der Waals surface area contributed by atoms with Crippen LogP contribution in [-0.4, -0.2) is 30.5 Å². The summed E-state index contributed by atoms with van der Waals surface area (Å²) in [6.07, 6.45) is 13.5. The van der Waals surface area contributed by atoms with Gasteiger partial charge in [-0.05, 0) is 62.9 Å². The van der Waals surface area contributed by atoms with Crippen molar-refractivity contribution in [3.8, 4) is 0 Å². The van der Waals surface area contributed by atoms with Crippen LogP contribution in [0, 0.1) is 17.8 Å². The Morgan fingerprint density at radius 2 is 2.04 bits per heavy atom. The summed E-state index contributed by atoms with van der Waals surface area (Å²) >= 11 is 0. The molecule has 2 saturated heterocycles. The van der Waals surface area contributed by atoms with Crippen molar-refractivity contribution in [2.75, 3.05) is 6.54 Å². The molecule has 3 nitrogen and oxygen atoms in total. The first kappa shape index (κ1) is 21.7. The SMILES string of the molecule is CCC[C@@H](C)[C@H]1O[C@]1(C)C[C@H](C)/C=C/C=C(\C)[C@H]1O[C@@H](CN)CC[C@@H]1C. The maximum atomic E-state index is 6.17. The Morgan fingerprint density at radius 1 is 1.31 bits per heavy atom. The lowest BCUT2D eigenvalue weighted by Crippen LogP contribution is -2.38. The van der Waals surface area contributed by atoms with Crippen molar-refractivity contribution in [2.45, 2.75) is 97.6 Å². The van der Waals surface area contributed by atoms with Gasteiger partial charge in [-0.2, -0.15) is 0 Å². The molecule has 0 bridgehead atoms. The summed E-state index contributed by atoms with van der Waals surface area (Å²) in [5.41, 5.74) is 7.18. The fraction of sp³-hybridized carbons (Fsp3) is 0.826. The van der Waals surface area contributed by atoms with E-state index >= 15 is 0 Å². The van der Waals surface area contributed by atoms with Gasteiger partial charge in [-0.15, -0.1) is 0 Å². The largest absolute Gasteiger partial charge is 0.369 e. The minimum Gasteiger partial charge on any atom is -0.369 e. The van der Waals surface area contributed by atoms with Gasteiger partial charge in [-0.1, -0.05) is 52.3 Å². The summed E-state index contributed by atoms with van der Waals surface area (Å²) in [4.78, 5) is 0. The fourth-order valence-corrected chi connectivity index (χ4v) is 4.68. The molecule has 26 heavy (non-hydrogen) atoms. The Morgan fingerprint density at radius 3 is 2.69 bits per heavy atom. The van der Waals surface area contributed by atoms with E-state index in [0.717, 1.165) is 12.8 Å². The highest BCUT2D eigenvalue weighted by molar-refractivity contribution is 5.17. The summed E-state index contributed by atoms with van der Waals surface area (Å²) in [5.74, 6) is 1.76. The molecule has 0 aromatic carbocycles. The second kappa shape index (κ2) is 9.52. The number of hydrogen-bond acceptors (Lipinski definition) is 3. The molecule has 0 saturated carbocycles. The number of nitrogens with two attached hydrogens (primary N) is 1. The molecule has 2 rings (SSSR count). The Balaban J connectivity index is 1.84. The van der Waals surface area contributed by atoms with Crippen LogP contribution in [0.3, 0.4) is 0 Å². The molecule has 0 aliphatic carbocycles. The van der Waals surface area contributed by atoms with E-state index in [0.29, 0.717) is 30.4 Å². The fourth-order valence-electron chi connectivity index (χ4n) is 4.68. The molecular formula is C23H41NO2. The average Bonchev–Trinajstić information content (AvgIpc) is 3.26.